The van der Waals surface area contributed by atoms with Crippen LogP contribution in [0.15, 0.2) is 29.3 Å². The molecule has 2 aliphatic rings. The maximum atomic E-state index is 5.48. The lowest BCUT2D eigenvalue weighted by atomic mass is 10.1. The standard InChI is InChI=1S/C22H37N5O/c1-4-26-10-12-27(13-11-26)17-20-7-5-19(6-8-20)15-24-22(23-2)25(3)16-21-9-14-28-18-21/h5-8,21H,4,9-18H2,1-3H3,(H,23,24). The number of nitrogens with zero attached hydrogens (tertiary/aromatic N) is 4. The maximum absolute atomic E-state index is 5.48. The highest BCUT2D eigenvalue weighted by molar-refractivity contribution is 5.79. The van der Waals surface area contributed by atoms with Crippen molar-refractivity contribution in [2.75, 3.05) is 66.6 Å². The minimum atomic E-state index is 0.613. The van der Waals surface area contributed by atoms with Gasteiger partial charge in [0.05, 0.1) is 6.61 Å². The Hall–Kier alpha value is -1.63. The van der Waals surface area contributed by atoms with Crippen LogP contribution in [0.4, 0.5) is 0 Å². The first-order valence-corrected chi connectivity index (χ1v) is 10.7. The first-order chi connectivity index (χ1) is 13.7. The van der Waals surface area contributed by atoms with Gasteiger partial charge >= 0.3 is 0 Å². The topological polar surface area (TPSA) is 43.3 Å². The molecule has 2 heterocycles. The van der Waals surface area contributed by atoms with E-state index in [-0.39, 0.29) is 0 Å². The highest BCUT2D eigenvalue weighted by Crippen LogP contribution is 2.14. The number of benzene rings is 1. The Bertz CT molecular complexity index is 604. The molecule has 6 heteroatoms. The first-order valence-electron chi connectivity index (χ1n) is 10.7. The second-order valence-corrected chi connectivity index (χ2v) is 8.04. The molecule has 1 aromatic carbocycles. The summed E-state index contributed by atoms with van der Waals surface area (Å²) >= 11 is 0. The van der Waals surface area contributed by atoms with E-state index in [0.717, 1.165) is 45.2 Å². The molecule has 0 bridgehead atoms. The number of likely N-dealkylation sites (N-methyl/N-ethyl adjacent to an activating group) is 1. The van der Waals surface area contributed by atoms with Gasteiger partial charge in [0, 0.05) is 72.4 Å². The molecule has 1 unspecified atom stereocenters. The molecule has 0 saturated carbocycles. The van der Waals surface area contributed by atoms with Crippen molar-refractivity contribution in [1.82, 2.24) is 20.0 Å². The summed E-state index contributed by atoms with van der Waals surface area (Å²) < 4.78 is 5.48. The van der Waals surface area contributed by atoms with Crippen LogP contribution in [0.3, 0.4) is 0 Å². The highest BCUT2D eigenvalue weighted by atomic mass is 16.5. The van der Waals surface area contributed by atoms with Crippen LogP contribution in [-0.4, -0.2) is 87.2 Å². The van der Waals surface area contributed by atoms with Gasteiger partial charge in [-0.3, -0.25) is 9.89 Å². The lowest BCUT2D eigenvalue weighted by Crippen LogP contribution is -2.45. The summed E-state index contributed by atoms with van der Waals surface area (Å²) in [5.41, 5.74) is 2.69. The van der Waals surface area contributed by atoms with Crippen molar-refractivity contribution in [2.45, 2.75) is 26.4 Å². The third-order valence-electron chi connectivity index (χ3n) is 5.92. The van der Waals surface area contributed by atoms with Gasteiger partial charge in [0.15, 0.2) is 5.96 Å². The molecule has 2 fully saturated rings. The molecule has 0 amide bonds. The number of guanidine groups is 1. The Morgan fingerprint density at radius 3 is 2.43 bits per heavy atom. The zero-order valence-electron chi connectivity index (χ0n) is 17.9. The van der Waals surface area contributed by atoms with Crippen LogP contribution < -0.4 is 5.32 Å². The van der Waals surface area contributed by atoms with Gasteiger partial charge in [-0.05, 0) is 24.1 Å². The molecule has 2 aliphatic heterocycles. The number of aliphatic imine (C=N–C) groups is 1. The first kappa shape index (κ1) is 21.1. The monoisotopic (exact) mass is 387 g/mol. The Balaban J connectivity index is 1.43. The van der Waals surface area contributed by atoms with Crippen LogP contribution >= 0.6 is 0 Å². The van der Waals surface area contributed by atoms with E-state index >= 15 is 0 Å². The van der Waals surface area contributed by atoms with Gasteiger partial charge in [0.2, 0.25) is 0 Å². The largest absolute Gasteiger partial charge is 0.381 e. The van der Waals surface area contributed by atoms with E-state index in [2.05, 4.69) is 63.2 Å². The average Bonchev–Trinajstić information content (AvgIpc) is 3.23. The fourth-order valence-corrected chi connectivity index (χ4v) is 4.05. The van der Waals surface area contributed by atoms with Gasteiger partial charge in [-0.25, -0.2) is 0 Å². The minimum absolute atomic E-state index is 0.613. The Morgan fingerprint density at radius 1 is 1.14 bits per heavy atom. The van der Waals surface area contributed by atoms with Gasteiger partial charge < -0.3 is 19.9 Å². The van der Waals surface area contributed by atoms with Gasteiger partial charge in [-0.1, -0.05) is 31.2 Å². The van der Waals surface area contributed by atoms with Crippen LogP contribution in [-0.2, 0) is 17.8 Å². The highest BCUT2D eigenvalue weighted by Gasteiger charge is 2.19. The third kappa shape index (κ3) is 6.19. The normalized spacial score (nSPS) is 21.8. The van der Waals surface area contributed by atoms with E-state index in [4.69, 9.17) is 4.74 Å². The van der Waals surface area contributed by atoms with E-state index in [1.165, 1.54) is 43.9 Å². The van der Waals surface area contributed by atoms with Crippen LogP contribution in [0.1, 0.15) is 24.5 Å². The van der Waals surface area contributed by atoms with Gasteiger partial charge in [-0.15, -0.1) is 0 Å². The van der Waals surface area contributed by atoms with Gasteiger partial charge in [0.25, 0.3) is 0 Å². The zero-order chi connectivity index (χ0) is 19.8. The van der Waals surface area contributed by atoms with Crippen molar-refractivity contribution in [3.8, 4) is 0 Å². The third-order valence-corrected chi connectivity index (χ3v) is 5.92. The van der Waals surface area contributed by atoms with E-state index in [1.54, 1.807) is 0 Å². The molecule has 28 heavy (non-hydrogen) atoms. The van der Waals surface area contributed by atoms with E-state index in [1.807, 2.05) is 7.05 Å². The number of nitrogens with one attached hydrogen (secondary N) is 1. The van der Waals surface area contributed by atoms with Crippen LogP contribution in [0.2, 0.25) is 0 Å². The second-order valence-electron chi connectivity index (χ2n) is 8.04. The molecule has 0 aromatic heterocycles. The van der Waals surface area contributed by atoms with Crippen molar-refractivity contribution in [3.05, 3.63) is 35.4 Å². The summed E-state index contributed by atoms with van der Waals surface area (Å²) in [6.45, 7) is 12.8. The number of ether oxygens (including phenoxy) is 1. The second kappa shape index (κ2) is 10.8. The molecule has 1 atom stereocenters. The molecule has 0 aliphatic carbocycles. The van der Waals surface area contributed by atoms with Crippen molar-refractivity contribution in [2.24, 2.45) is 10.9 Å². The Kier molecular flexibility index (Phi) is 8.13. The quantitative estimate of drug-likeness (QED) is 0.572. The lowest BCUT2D eigenvalue weighted by Gasteiger charge is -2.34. The molecule has 1 aromatic rings. The van der Waals surface area contributed by atoms with Gasteiger partial charge in [0.1, 0.15) is 0 Å². The van der Waals surface area contributed by atoms with Crippen LogP contribution in [0.5, 0.6) is 0 Å². The summed E-state index contributed by atoms with van der Waals surface area (Å²) in [7, 11) is 3.96. The van der Waals surface area contributed by atoms with E-state index < -0.39 is 0 Å². The summed E-state index contributed by atoms with van der Waals surface area (Å²) in [4.78, 5) is 11.7. The maximum Gasteiger partial charge on any atom is 0.193 e. The minimum Gasteiger partial charge on any atom is -0.381 e. The number of hydrogen-bond donors (Lipinski definition) is 1. The average molecular weight is 388 g/mol. The zero-order valence-corrected chi connectivity index (χ0v) is 17.9. The Morgan fingerprint density at radius 2 is 1.82 bits per heavy atom. The van der Waals surface area contributed by atoms with Gasteiger partial charge in [-0.2, -0.15) is 0 Å². The predicted octanol–water partition coefficient (Wildman–Crippen LogP) is 1.87. The van der Waals surface area contributed by atoms with Crippen LogP contribution in [0.25, 0.3) is 0 Å². The number of rotatable bonds is 7. The summed E-state index contributed by atoms with van der Waals surface area (Å²) in [5, 5.41) is 3.49. The van der Waals surface area contributed by atoms with Crippen molar-refractivity contribution in [1.29, 1.82) is 0 Å². The van der Waals surface area contributed by atoms with Crippen molar-refractivity contribution >= 4 is 5.96 Å². The number of piperazine rings is 1. The molecule has 3 rings (SSSR count). The number of hydrogen-bond acceptors (Lipinski definition) is 4. The molecular weight excluding hydrogens is 350 g/mol. The van der Waals surface area contributed by atoms with E-state index in [0.29, 0.717) is 5.92 Å². The smallest absolute Gasteiger partial charge is 0.193 e. The summed E-state index contributed by atoms with van der Waals surface area (Å²) in [5.74, 6) is 1.56. The van der Waals surface area contributed by atoms with Crippen molar-refractivity contribution in [3.63, 3.8) is 0 Å². The predicted molar refractivity (Wildman–Crippen MR) is 116 cm³/mol. The molecule has 6 nitrogen and oxygen atoms in total. The fourth-order valence-electron chi connectivity index (χ4n) is 4.05. The summed E-state index contributed by atoms with van der Waals surface area (Å²) in [6.07, 6.45) is 1.15. The molecule has 156 valence electrons. The molecule has 2 saturated heterocycles. The molecule has 0 radical (unpaired) electrons. The summed E-state index contributed by atoms with van der Waals surface area (Å²) in [6, 6.07) is 9.02. The molecule has 0 spiro atoms. The van der Waals surface area contributed by atoms with E-state index in [9.17, 15) is 0 Å². The van der Waals surface area contributed by atoms with Crippen molar-refractivity contribution < 1.29 is 4.74 Å². The SMILES string of the molecule is CCN1CCN(Cc2ccc(CNC(=NC)N(C)CC3CCOC3)cc2)CC1. The Labute approximate surface area is 170 Å². The molecule has 1 N–H and O–H groups in total. The lowest BCUT2D eigenvalue weighted by molar-refractivity contribution is 0.132. The van der Waals surface area contributed by atoms with Crippen LogP contribution in [0, 0.1) is 5.92 Å². The molecular formula is C22H37N5O. The fraction of sp³-hybridized carbons (Fsp3) is 0.682.